The maximum atomic E-state index is 5.98. The monoisotopic (exact) mass is 271 g/mol. The Morgan fingerprint density at radius 1 is 1.30 bits per heavy atom. The van der Waals surface area contributed by atoms with Gasteiger partial charge in [0.25, 0.3) is 0 Å². The molecule has 20 heavy (non-hydrogen) atoms. The van der Waals surface area contributed by atoms with Gasteiger partial charge in [-0.3, -0.25) is 0 Å². The Hall–Kier alpha value is -2.06. The van der Waals surface area contributed by atoms with E-state index in [1.54, 1.807) is 0 Å². The summed E-state index contributed by atoms with van der Waals surface area (Å²) in [4.78, 5) is 8.40. The Bertz CT molecular complexity index is 658. The molecule has 0 bridgehead atoms. The molecule has 0 aliphatic carbocycles. The van der Waals surface area contributed by atoms with Gasteiger partial charge in [-0.2, -0.15) is 0 Å². The van der Waals surface area contributed by atoms with Crippen molar-refractivity contribution in [2.75, 3.05) is 12.3 Å². The quantitative estimate of drug-likeness (QED) is 0.837. The largest absolute Gasteiger partial charge is 0.383 e. The summed E-state index contributed by atoms with van der Waals surface area (Å²) in [5.41, 5.74) is 7.70. The van der Waals surface area contributed by atoms with Gasteiger partial charge in [0.2, 0.25) is 0 Å². The van der Waals surface area contributed by atoms with Crippen LogP contribution < -0.4 is 11.1 Å². The van der Waals surface area contributed by atoms with Crippen molar-refractivity contribution in [3.05, 3.63) is 18.1 Å². The first-order chi connectivity index (χ1) is 9.50. The molecule has 0 aliphatic rings. The minimum atomic E-state index is 0.302. The topological polar surface area (TPSA) is 68.8 Å². The van der Waals surface area contributed by atoms with Crippen molar-refractivity contribution < 1.29 is 0 Å². The summed E-state index contributed by atoms with van der Waals surface area (Å²) in [7, 11) is 0. The third-order valence-corrected chi connectivity index (χ3v) is 3.02. The van der Waals surface area contributed by atoms with Crippen LogP contribution in [0.15, 0.2) is 12.5 Å². The number of hydrogen-bond acceptors (Lipinski definition) is 4. The van der Waals surface area contributed by atoms with Crippen LogP contribution in [0.2, 0.25) is 0 Å². The predicted octanol–water partition coefficient (Wildman–Crippen LogP) is 1.94. The summed E-state index contributed by atoms with van der Waals surface area (Å²) < 4.78 is 2.08. The van der Waals surface area contributed by atoms with E-state index in [4.69, 9.17) is 5.73 Å². The van der Waals surface area contributed by atoms with Gasteiger partial charge in [0.1, 0.15) is 17.8 Å². The van der Waals surface area contributed by atoms with Crippen LogP contribution in [0.5, 0.6) is 0 Å². The van der Waals surface area contributed by atoms with E-state index in [0.717, 1.165) is 16.6 Å². The van der Waals surface area contributed by atoms with Gasteiger partial charge < -0.3 is 15.6 Å². The summed E-state index contributed by atoms with van der Waals surface area (Å²) >= 11 is 0. The van der Waals surface area contributed by atoms with E-state index in [0.29, 0.717) is 24.4 Å². The Labute approximate surface area is 119 Å². The molecule has 106 valence electrons. The molecule has 0 spiro atoms. The van der Waals surface area contributed by atoms with Crippen molar-refractivity contribution in [1.82, 2.24) is 19.9 Å². The standard InChI is InChI=1S/C15H21N5/c1-10(2)17-7-5-6-12-8-20(11(3)4)15-13(12)14(16)18-9-19-15/h8-11,17H,7H2,1-4H3,(H2,16,18,19). The van der Waals surface area contributed by atoms with E-state index in [9.17, 15) is 0 Å². The number of fused-ring (bicyclic) bond motifs is 1. The zero-order valence-corrected chi connectivity index (χ0v) is 12.4. The molecule has 5 nitrogen and oxygen atoms in total. The summed E-state index contributed by atoms with van der Waals surface area (Å²) in [5, 5.41) is 4.11. The van der Waals surface area contributed by atoms with Crippen molar-refractivity contribution in [2.45, 2.75) is 39.8 Å². The molecule has 2 rings (SSSR count). The van der Waals surface area contributed by atoms with Gasteiger partial charge in [0.05, 0.1) is 17.5 Å². The average Bonchev–Trinajstić information content (AvgIpc) is 2.75. The van der Waals surface area contributed by atoms with Crippen LogP contribution in [0, 0.1) is 11.8 Å². The predicted molar refractivity (Wildman–Crippen MR) is 82.3 cm³/mol. The Balaban J connectivity index is 2.43. The third-order valence-electron chi connectivity index (χ3n) is 3.02. The number of nitrogens with one attached hydrogen (secondary N) is 1. The highest BCUT2D eigenvalue weighted by Crippen LogP contribution is 2.25. The molecule has 2 heterocycles. The lowest BCUT2D eigenvalue weighted by molar-refractivity contribution is 0.617. The molecule has 2 aromatic rings. The van der Waals surface area contributed by atoms with Gasteiger partial charge in [0, 0.05) is 18.3 Å². The zero-order chi connectivity index (χ0) is 14.7. The van der Waals surface area contributed by atoms with E-state index in [1.807, 2.05) is 6.20 Å². The number of anilines is 1. The fourth-order valence-corrected chi connectivity index (χ4v) is 1.99. The highest BCUT2D eigenvalue weighted by Gasteiger charge is 2.13. The molecule has 0 aromatic carbocycles. The first-order valence-electron chi connectivity index (χ1n) is 6.84. The smallest absolute Gasteiger partial charge is 0.147 e. The van der Waals surface area contributed by atoms with Gasteiger partial charge in [-0.15, -0.1) is 0 Å². The second-order valence-electron chi connectivity index (χ2n) is 5.34. The second kappa shape index (κ2) is 5.93. The molecule has 0 saturated carbocycles. The number of nitrogens with zero attached hydrogens (tertiary/aromatic N) is 3. The normalized spacial score (nSPS) is 11.1. The van der Waals surface area contributed by atoms with Crippen molar-refractivity contribution in [3.63, 3.8) is 0 Å². The van der Waals surface area contributed by atoms with E-state index in [1.165, 1.54) is 6.33 Å². The molecule has 0 radical (unpaired) electrons. The van der Waals surface area contributed by atoms with Crippen LogP contribution >= 0.6 is 0 Å². The highest BCUT2D eigenvalue weighted by atomic mass is 15.1. The number of rotatable bonds is 3. The van der Waals surface area contributed by atoms with Crippen molar-refractivity contribution in [1.29, 1.82) is 0 Å². The third kappa shape index (κ3) is 2.91. The number of nitrogens with two attached hydrogens (primary N) is 1. The molecule has 0 atom stereocenters. The van der Waals surface area contributed by atoms with E-state index in [-0.39, 0.29) is 0 Å². The van der Waals surface area contributed by atoms with E-state index >= 15 is 0 Å². The Morgan fingerprint density at radius 2 is 2.05 bits per heavy atom. The molecule has 0 saturated heterocycles. The lowest BCUT2D eigenvalue weighted by Crippen LogP contribution is -2.22. The lowest BCUT2D eigenvalue weighted by atomic mass is 10.2. The Morgan fingerprint density at radius 3 is 2.70 bits per heavy atom. The van der Waals surface area contributed by atoms with Crippen LogP contribution in [-0.4, -0.2) is 27.1 Å². The van der Waals surface area contributed by atoms with Crippen LogP contribution in [0.3, 0.4) is 0 Å². The zero-order valence-electron chi connectivity index (χ0n) is 12.4. The molecule has 0 amide bonds. The highest BCUT2D eigenvalue weighted by molar-refractivity contribution is 5.92. The molecule has 0 aliphatic heterocycles. The first-order valence-corrected chi connectivity index (χ1v) is 6.84. The fourth-order valence-electron chi connectivity index (χ4n) is 1.99. The average molecular weight is 271 g/mol. The summed E-state index contributed by atoms with van der Waals surface area (Å²) in [6.45, 7) is 9.06. The number of aromatic nitrogens is 3. The van der Waals surface area contributed by atoms with Crippen LogP contribution in [0.1, 0.15) is 39.3 Å². The van der Waals surface area contributed by atoms with E-state index < -0.39 is 0 Å². The van der Waals surface area contributed by atoms with Gasteiger partial charge >= 0.3 is 0 Å². The van der Waals surface area contributed by atoms with Crippen LogP contribution in [-0.2, 0) is 0 Å². The van der Waals surface area contributed by atoms with E-state index in [2.05, 4.69) is 59.4 Å². The number of hydrogen-bond donors (Lipinski definition) is 2. The van der Waals surface area contributed by atoms with Gasteiger partial charge in [-0.1, -0.05) is 11.8 Å². The Kier molecular flexibility index (Phi) is 4.26. The molecular weight excluding hydrogens is 250 g/mol. The molecule has 5 heteroatoms. The SMILES string of the molecule is CC(C)NCC#Cc1cn(C(C)C)c2ncnc(N)c12. The van der Waals surface area contributed by atoms with Gasteiger partial charge in [-0.25, -0.2) is 9.97 Å². The summed E-state index contributed by atoms with van der Waals surface area (Å²) in [5.74, 6) is 6.77. The molecule has 2 aromatic heterocycles. The van der Waals surface area contributed by atoms with Crippen LogP contribution in [0.4, 0.5) is 5.82 Å². The maximum Gasteiger partial charge on any atom is 0.147 e. The lowest BCUT2D eigenvalue weighted by Gasteiger charge is -2.07. The number of nitrogen functional groups attached to an aromatic ring is 1. The van der Waals surface area contributed by atoms with Crippen molar-refractivity contribution >= 4 is 16.9 Å². The minimum Gasteiger partial charge on any atom is -0.383 e. The maximum absolute atomic E-state index is 5.98. The fraction of sp³-hybridized carbons (Fsp3) is 0.467. The summed E-state index contributed by atoms with van der Waals surface area (Å²) in [6.07, 6.45) is 3.50. The first kappa shape index (κ1) is 14.4. The van der Waals surface area contributed by atoms with Crippen LogP contribution in [0.25, 0.3) is 11.0 Å². The molecule has 0 unspecified atom stereocenters. The van der Waals surface area contributed by atoms with Crippen molar-refractivity contribution in [2.24, 2.45) is 0 Å². The molecule has 3 N–H and O–H groups in total. The summed E-state index contributed by atoms with van der Waals surface area (Å²) in [6, 6.07) is 0.728. The minimum absolute atomic E-state index is 0.302. The van der Waals surface area contributed by atoms with Gasteiger partial charge in [0.15, 0.2) is 0 Å². The van der Waals surface area contributed by atoms with Gasteiger partial charge in [-0.05, 0) is 27.7 Å². The second-order valence-corrected chi connectivity index (χ2v) is 5.34. The molecular formula is C15H21N5. The van der Waals surface area contributed by atoms with Crippen molar-refractivity contribution in [3.8, 4) is 11.8 Å². The molecule has 0 fully saturated rings.